The maximum absolute atomic E-state index is 10.6. The van der Waals surface area contributed by atoms with Gasteiger partial charge in [-0.05, 0) is 13.8 Å². The molecule has 0 fully saturated rings. The molecule has 6 heteroatoms. The quantitative estimate of drug-likeness (QED) is 0.526. The molecule has 0 radical (unpaired) electrons. The summed E-state index contributed by atoms with van der Waals surface area (Å²) in [6.07, 6.45) is 1.44. The molecule has 0 saturated carbocycles. The van der Waals surface area contributed by atoms with E-state index >= 15 is 0 Å². The second-order valence-corrected chi connectivity index (χ2v) is 2.70. The summed E-state index contributed by atoms with van der Waals surface area (Å²) < 4.78 is 4.78. The second kappa shape index (κ2) is 3.44. The van der Waals surface area contributed by atoms with E-state index in [1.165, 1.54) is 6.20 Å². The SMILES string of the molecule is Cc1oncc1C(C)N(O)C(N)=O. The van der Waals surface area contributed by atoms with Gasteiger partial charge < -0.3 is 10.3 Å². The van der Waals surface area contributed by atoms with Crippen LogP contribution >= 0.6 is 0 Å². The molecule has 72 valence electrons. The van der Waals surface area contributed by atoms with Crippen molar-refractivity contribution in [1.29, 1.82) is 0 Å². The van der Waals surface area contributed by atoms with Crippen LogP contribution in [0.1, 0.15) is 24.3 Å². The Bertz CT molecular complexity index is 310. The summed E-state index contributed by atoms with van der Waals surface area (Å²) in [7, 11) is 0. The lowest BCUT2D eigenvalue weighted by Gasteiger charge is -2.19. The topological polar surface area (TPSA) is 92.6 Å². The lowest BCUT2D eigenvalue weighted by atomic mass is 10.1. The first-order valence-corrected chi connectivity index (χ1v) is 3.72. The van der Waals surface area contributed by atoms with Gasteiger partial charge in [0, 0.05) is 5.56 Å². The highest BCUT2D eigenvalue weighted by molar-refractivity contribution is 5.71. The van der Waals surface area contributed by atoms with Crippen molar-refractivity contribution in [2.75, 3.05) is 0 Å². The highest BCUT2D eigenvalue weighted by Gasteiger charge is 2.20. The summed E-state index contributed by atoms with van der Waals surface area (Å²) in [5.41, 5.74) is 5.51. The van der Waals surface area contributed by atoms with E-state index in [1.807, 2.05) is 0 Å². The van der Waals surface area contributed by atoms with Crippen molar-refractivity contribution in [2.45, 2.75) is 19.9 Å². The zero-order chi connectivity index (χ0) is 10.0. The average Bonchev–Trinajstić information content (AvgIpc) is 2.48. The third-order valence-corrected chi connectivity index (χ3v) is 1.83. The van der Waals surface area contributed by atoms with Gasteiger partial charge in [0.15, 0.2) is 0 Å². The van der Waals surface area contributed by atoms with E-state index in [-0.39, 0.29) is 0 Å². The zero-order valence-corrected chi connectivity index (χ0v) is 7.39. The van der Waals surface area contributed by atoms with Crippen molar-refractivity contribution in [3.63, 3.8) is 0 Å². The predicted molar refractivity (Wildman–Crippen MR) is 42.9 cm³/mol. The number of hydrogen-bond donors (Lipinski definition) is 2. The minimum absolute atomic E-state index is 0.430. The fourth-order valence-corrected chi connectivity index (χ4v) is 1.03. The van der Waals surface area contributed by atoms with Crippen LogP contribution in [0.5, 0.6) is 0 Å². The number of nitrogens with two attached hydrogens (primary N) is 1. The Hall–Kier alpha value is -1.56. The molecule has 0 aliphatic carbocycles. The molecule has 0 aromatic carbocycles. The summed E-state index contributed by atoms with van der Waals surface area (Å²) in [6.45, 7) is 3.30. The Morgan fingerprint density at radius 2 is 2.46 bits per heavy atom. The molecule has 6 nitrogen and oxygen atoms in total. The fraction of sp³-hybridized carbons (Fsp3) is 0.429. The maximum atomic E-state index is 10.6. The smallest absolute Gasteiger partial charge is 0.339 e. The number of amides is 2. The van der Waals surface area contributed by atoms with Gasteiger partial charge in [0.2, 0.25) is 0 Å². The number of carbonyl (C=O) groups excluding carboxylic acids is 1. The second-order valence-electron chi connectivity index (χ2n) is 2.70. The molecule has 1 aromatic rings. The monoisotopic (exact) mass is 185 g/mol. The van der Waals surface area contributed by atoms with Gasteiger partial charge in [-0.1, -0.05) is 5.16 Å². The third-order valence-electron chi connectivity index (χ3n) is 1.83. The van der Waals surface area contributed by atoms with Crippen molar-refractivity contribution in [3.8, 4) is 0 Å². The molecule has 0 aliphatic heterocycles. The first-order chi connectivity index (χ1) is 6.04. The van der Waals surface area contributed by atoms with Crippen molar-refractivity contribution in [1.82, 2.24) is 10.2 Å². The van der Waals surface area contributed by atoms with Gasteiger partial charge in [-0.3, -0.25) is 5.21 Å². The molecule has 0 saturated heterocycles. The van der Waals surface area contributed by atoms with Crippen LogP contribution in [0.25, 0.3) is 0 Å². The van der Waals surface area contributed by atoms with Crippen molar-refractivity contribution < 1.29 is 14.5 Å². The molecular formula is C7H11N3O3. The standard InChI is InChI=1S/C7H11N3O3/c1-4(10(12)7(8)11)6-3-9-13-5(6)2/h3-4,12H,1-2H3,(H2,8,11). The van der Waals surface area contributed by atoms with E-state index in [0.29, 0.717) is 16.4 Å². The molecule has 0 spiro atoms. The first-order valence-electron chi connectivity index (χ1n) is 3.72. The Kier molecular flexibility index (Phi) is 2.52. The zero-order valence-electron chi connectivity index (χ0n) is 7.39. The molecule has 1 aromatic heterocycles. The summed E-state index contributed by atoms with van der Waals surface area (Å²) in [5, 5.41) is 13.1. The molecule has 1 unspecified atom stereocenters. The van der Waals surface area contributed by atoms with E-state index in [2.05, 4.69) is 5.16 Å². The van der Waals surface area contributed by atoms with Crippen LogP contribution in [-0.2, 0) is 0 Å². The van der Waals surface area contributed by atoms with E-state index in [0.717, 1.165) is 0 Å². The Labute approximate surface area is 74.9 Å². The van der Waals surface area contributed by atoms with E-state index in [4.69, 9.17) is 10.3 Å². The van der Waals surface area contributed by atoms with Crippen LogP contribution in [0.4, 0.5) is 4.79 Å². The minimum Gasteiger partial charge on any atom is -0.361 e. The minimum atomic E-state index is -0.909. The molecule has 0 aliphatic rings. The maximum Gasteiger partial charge on any atom is 0.339 e. The number of primary amides is 1. The fourth-order valence-electron chi connectivity index (χ4n) is 1.03. The van der Waals surface area contributed by atoms with Gasteiger partial charge in [-0.25, -0.2) is 4.79 Å². The average molecular weight is 185 g/mol. The van der Waals surface area contributed by atoms with Crippen LogP contribution in [0.2, 0.25) is 0 Å². The number of carbonyl (C=O) groups is 1. The van der Waals surface area contributed by atoms with Crippen molar-refractivity contribution in [3.05, 3.63) is 17.5 Å². The summed E-state index contributed by atoms with van der Waals surface area (Å²) in [5.74, 6) is 0.549. The van der Waals surface area contributed by atoms with Crippen molar-refractivity contribution >= 4 is 6.03 Å². The summed E-state index contributed by atoms with van der Waals surface area (Å²) in [6, 6.07) is -1.46. The first kappa shape index (κ1) is 9.53. The van der Waals surface area contributed by atoms with Crippen LogP contribution in [0, 0.1) is 6.92 Å². The highest BCUT2D eigenvalue weighted by atomic mass is 16.5. The van der Waals surface area contributed by atoms with E-state index in [1.54, 1.807) is 13.8 Å². The molecule has 1 rings (SSSR count). The number of urea groups is 1. The number of aromatic nitrogens is 1. The molecule has 2 amide bonds. The molecule has 1 heterocycles. The lowest BCUT2D eigenvalue weighted by molar-refractivity contribution is -0.0713. The van der Waals surface area contributed by atoms with Crippen LogP contribution < -0.4 is 5.73 Å². The summed E-state index contributed by atoms with van der Waals surface area (Å²) in [4.78, 5) is 10.6. The summed E-state index contributed by atoms with van der Waals surface area (Å²) >= 11 is 0. The van der Waals surface area contributed by atoms with Crippen molar-refractivity contribution in [2.24, 2.45) is 5.73 Å². The molecular weight excluding hydrogens is 174 g/mol. The predicted octanol–water partition coefficient (Wildman–Crippen LogP) is 0.814. The Balaban J connectivity index is 2.85. The number of aryl methyl sites for hydroxylation is 1. The Morgan fingerprint density at radius 1 is 1.85 bits per heavy atom. The van der Waals surface area contributed by atoms with Crippen LogP contribution in [0.15, 0.2) is 10.7 Å². The largest absolute Gasteiger partial charge is 0.361 e. The third kappa shape index (κ3) is 1.78. The lowest BCUT2D eigenvalue weighted by Crippen LogP contribution is -2.34. The van der Waals surface area contributed by atoms with Crippen LogP contribution in [0.3, 0.4) is 0 Å². The molecule has 13 heavy (non-hydrogen) atoms. The van der Waals surface area contributed by atoms with Gasteiger partial charge in [0.05, 0.1) is 12.2 Å². The van der Waals surface area contributed by atoms with Gasteiger partial charge in [-0.2, -0.15) is 5.06 Å². The Morgan fingerprint density at radius 3 is 2.85 bits per heavy atom. The number of nitrogens with zero attached hydrogens (tertiary/aromatic N) is 2. The van der Waals surface area contributed by atoms with Crippen LogP contribution in [-0.4, -0.2) is 21.5 Å². The van der Waals surface area contributed by atoms with Gasteiger partial charge >= 0.3 is 6.03 Å². The van der Waals surface area contributed by atoms with Gasteiger partial charge in [0.25, 0.3) is 0 Å². The number of hydrogen-bond acceptors (Lipinski definition) is 4. The van der Waals surface area contributed by atoms with E-state index < -0.39 is 12.1 Å². The number of hydroxylamine groups is 2. The molecule has 1 atom stereocenters. The van der Waals surface area contributed by atoms with E-state index in [9.17, 15) is 10.0 Å². The normalized spacial score (nSPS) is 12.5. The van der Waals surface area contributed by atoms with Gasteiger partial charge in [-0.15, -0.1) is 0 Å². The highest BCUT2D eigenvalue weighted by Crippen LogP contribution is 2.20. The van der Waals surface area contributed by atoms with Gasteiger partial charge in [0.1, 0.15) is 5.76 Å². The number of rotatable bonds is 2. The molecule has 3 N–H and O–H groups in total. The molecule has 0 bridgehead atoms.